The lowest BCUT2D eigenvalue weighted by Crippen LogP contribution is -2.44. The summed E-state index contributed by atoms with van der Waals surface area (Å²) in [6, 6.07) is 14.0. The number of thioether (sulfide) groups is 1. The minimum Gasteiger partial charge on any atom is -0.497 e. The average molecular weight is 477 g/mol. The second kappa shape index (κ2) is 9.74. The number of hydrogen-bond donors (Lipinski definition) is 0. The number of ether oxygens (including phenoxy) is 1. The fraction of sp³-hybridized carbons (Fsp3) is 0.407. The Hall–Kier alpha value is -2.93. The first-order valence-electron chi connectivity index (χ1n) is 11.9. The van der Waals surface area contributed by atoms with E-state index >= 15 is 0 Å². The molecule has 0 N–H and O–H groups in total. The average Bonchev–Trinajstić information content (AvgIpc) is 3.52. The summed E-state index contributed by atoms with van der Waals surface area (Å²) in [4.78, 5) is 46.4. The highest BCUT2D eigenvalue weighted by molar-refractivity contribution is 8.14. The van der Waals surface area contributed by atoms with Gasteiger partial charge in [-0.2, -0.15) is 0 Å². The summed E-state index contributed by atoms with van der Waals surface area (Å²) in [6.45, 7) is 0.819. The fourth-order valence-corrected chi connectivity index (χ4v) is 6.28. The molecule has 6 nitrogen and oxygen atoms in total. The molecule has 1 saturated heterocycles. The van der Waals surface area contributed by atoms with Gasteiger partial charge in [-0.3, -0.25) is 19.4 Å². The Balaban J connectivity index is 1.50. The van der Waals surface area contributed by atoms with Crippen molar-refractivity contribution >= 4 is 40.0 Å². The topological polar surface area (TPSA) is 76.0 Å². The highest BCUT2D eigenvalue weighted by Crippen LogP contribution is 2.41. The maximum absolute atomic E-state index is 13.6. The minimum absolute atomic E-state index is 0.116. The lowest BCUT2D eigenvalue weighted by atomic mass is 9.76. The summed E-state index contributed by atoms with van der Waals surface area (Å²) in [5, 5.41) is 1.01. The van der Waals surface area contributed by atoms with Crippen LogP contribution in [0.1, 0.15) is 48.0 Å². The molecule has 0 aromatic heterocycles. The van der Waals surface area contributed by atoms with Crippen LogP contribution in [-0.4, -0.2) is 48.0 Å². The molecule has 2 aromatic carbocycles. The molecule has 0 radical (unpaired) electrons. The van der Waals surface area contributed by atoms with Gasteiger partial charge in [-0.1, -0.05) is 31.4 Å². The zero-order valence-electron chi connectivity index (χ0n) is 19.2. The zero-order chi connectivity index (χ0) is 23.7. The number of nitrogens with zero attached hydrogens (tertiary/aromatic N) is 2. The van der Waals surface area contributed by atoms with Gasteiger partial charge in [-0.25, -0.2) is 0 Å². The SMILES string of the molecule is COc1ccc(C(=O)C2C(=O)C(=O)N(c3ccc(C4=NCCS4)cc3)C2C2CCCCC2)cc1. The lowest BCUT2D eigenvalue weighted by molar-refractivity contribution is -0.135. The van der Waals surface area contributed by atoms with Crippen molar-refractivity contribution in [3.63, 3.8) is 0 Å². The Morgan fingerprint density at radius 3 is 2.32 bits per heavy atom. The number of anilines is 1. The van der Waals surface area contributed by atoms with E-state index in [9.17, 15) is 14.4 Å². The monoisotopic (exact) mass is 476 g/mol. The molecular formula is C27H28N2O4S. The molecule has 3 aliphatic rings. The third kappa shape index (κ3) is 4.17. The number of carbonyl (C=O) groups excluding carboxylic acids is 3. The van der Waals surface area contributed by atoms with E-state index in [1.165, 1.54) is 0 Å². The van der Waals surface area contributed by atoms with E-state index < -0.39 is 23.7 Å². The van der Waals surface area contributed by atoms with Crippen LogP contribution < -0.4 is 9.64 Å². The van der Waals surface area contributed by atoms with Crippen molar-refractivity contribution in [3.8, 4) is 5.75 Å². The van der Waals surface area contributed by atoms with Crippen molar-refractivity contribution in [2.75, 3.05) is 24.3 Å². The molecule has 34 heavy (non-hydrogen) atoms. The van der Waals surface area contributed by atoms with Crippen molar-refractivity contribution in [3.05, 3.63) is 59.7 Å². The number of benzene rings is 2. The Morgan fingerprint density at radius 2 is 1.71 bits per heavy atom. The predicted octanol–water partition coefficient (Wildman–Crippen LogP) is 4.55. The standard InChI is InChI=1S/C27H28N2O4S/c1-33-21-13-9-18(10-14-21)24(30)22-23(17-5-3-2-4-6-17)29(27(32)25(22)31)20-11-7-19(8-12-20)26-28-15-16-34-26/h7-14,17,22-23H,2-6,15-16H2,1H3. The highest BCUT2D eigenvalue weighted by Gasteiger charge is 2.54. The van der Waals surface area contributed by atoms with Crippen LogP contribution in [-0.2, 0) is 9.59 Å². The van der Waals surface area contributed by atoms with E-state index in [1.54, 1.807) is 48.0 Å². The third-order valence-electron chi connectivity index (χ3n) is 7.12. The molecule has 0 bridgehead atoms. The number of rotatable bonds is 6. The summed E-state index contributed by atoms with van der Waals surface area (Å²) in [7, 11) is 1.57. The fourth-order valence-electron chi connectivity index (χ4n) is 5.42. The van der Waals surface area contributed by atoms with Crippen LogP contribution in [0.4, 0.5) is 5.69 Å². The quantitative estimate of drug-likeness (QED) is 0.347. The van der Waals surface area contributed by atoms with Crippen molar-refractivity contribution < 1.29 is 19.1 Å². The third-order valence-corrected chi connectivity index (χ3v) is 8.14. The molecule has 5 rings (SSSR count). The zero-order valence-corrected chi connectivity index (χ0v) is 20.1. The number of hydrogen-bond acceptors (Lipinski definition) is 6. The van der Waals surface area contributed by atoms with Crippen LogP contribution in [0, 0.1) is 11.8 Å². The molecule has 2 aliphatic heterocycles. The van der Waals surface area contributed by atoms with Crippen molar-refractivity contribution in [1.29, 1.82) is 0 Å². The molecule has 1 amide bonds. The smallest absolute Gasteiger partial charge is 0.295 e. The Morgan fingerprint density at radius 1 is 1.00 bits per heavy atom. The van der Waals surface area contributed by atoms with E-state index in [2.05, 4.69) is 4.99 Å². The second-order valence-corrected chi connectivity index (χ2v) is 10.2. The van der Waals surface area contributed by atoms with Gasteiger partial charge in [0.2, 0.25) is 5.78 Å². The molecule has 2 aromatic rings. The molecule has 2 heterocycles. The summed E-state index contributed by atoms with van der Waals surface area (Å²) in [5.41, 5.74) is 2.12. The van der Waals surface area contributed by atoms with Crippen molar-refractivity contribution in [2.24, 2.45) is 16.8 Å². The first-order valence-corrected chi connectivity index (χ1v) is 12.9. The van der Waals surface area contributed by atoms with Gasteiger partial charge in [0.1, 0.15) is 11.7 Å². The lowest BCUT2D eigenvalue weighted by Gasteiger charge is -2.35. The Kier molecular flexibility index (Phi) is 6.55. The summed E-state index contributed by atoms with van der Waals surface area (Å²) in [5.74, 6) is -0.716. The molecule has 7 heteroatoms. The van der Waals surface area contributed by atoms with Gasteiger partial charge < -0.3 is 9.64 Å². The van der Waals surface area contributed by atoms with Crippen LogP contribution in [0.3, 0.4) is 0 Å². The van der Waals surface area contributed by atoms with Crippen LogP contribution in [0.5, 0.6) is 5.75 Å². The number of amides is 1. The number of ketones is 2. The maximum Gasteiger partial charge on any atom is 0.295 e. The van der Waals surface area contributed by atoms with Gasteiger partial charge in [-0.15, -0.1) is 11.8 Å². The molecule has 2 atom stereocenters. The number of carbonyl (C=O) groups is 3. The molecule has 2 fully saturated rings. The van der Waals surface area contributed by atoms with E-state index in [0.717, 1.165) is 55.0 Å². The van der Waals surface area contributed by atoms with Gasteiger partial charge in [0.15, 0.2) is 5.78 Å². The summed E-state index contributed by atoms with van der Waals surface area (Å²) >= 11 is 1.72. The first kappa shape index (κ1) is 22.8. The Labute approximate surface area is 203 Å². The van der Waals surface area contributed by atoms with Crippen LogP contribution in [0.25, 0.3) is 0 Å². The largest absolute Gasteiger partial charge is 0.497 e. The van der Waals surface area contributed by atoms with Crippen LogP contribution in [0.15, 0.2) is 53.5 Å². The van der Waals surface area contributed by atoms with E-state index in [-0.39, 0.29) is 11.7 Å². The molecule has 0 spiro atoms. The van der Waals surface area contributed by atoms with E-state index in [4.69, 9.17) is 4.74 Å². The first-order chi connectivity index (χ1) is 16.6. The van der Waals surface area contributed by atoms with Gasteiger partial charge in [0.05, 0.1) is 18.2 Å². The second-order valence-electron chi connectivity index (χ2n) is 9.08. The van der Waals surface area contributed by atoms with Gasteiger partial charge in [-0.05, 0) is 55.2 Å². The molecule has 1 saturated carbocycles. The van der Waals surface area contributed by atoms with Crippen LogP contribution >= 0.6 is 11.8 Å². The Bertz CT molecular complexity index is 1120. The van der Waals surface area contributed by atoms with Gasteiger partial charge in [0.25, 0.3) is 5.91 Å². The van der Waals surface area contributed by atoms with E-state index in [1.807, 2.05) is 24.3 Å². The predicted molar refractivity (Wildman–Crippen MR) is 134 cm³/mol. The molecule has 2 unspecified atom stereocenters. The summed E-state index contributed by atoms with van der Waals surface area (Å²) in [6.07, 6.45) is 5.09. The van der Waals surface area contributed by atoms with Gasteiger partial charge >= 0.3 is 0 Å². The van der Waals surface area contributed by atoms with Crippen molar-refractivity contribution in [2.45, 2.75) is 38.1 Å². The molecule has 1 aliphatic carbocycles. The minimum atomic E-state index is -0.988. The maximum atomic E-state index is 13.6. The number of aliphatic imine (C=N–C) groups is 1. The van der Waals surface area contributed by atoms with Crippen LogP contribution in [0.2, 0.25) is 0 Å². The highest BCUT2D eigenvalue weighted by atomic mass is 32.2. The van der Waals surface area contributed by atoms with Gasteiger partial charge in [0, 0.05) is 29.1 Å². The normalized spacial score (nSPS) is 23.3. The summed E-state index contributed by atoms with van der Waals surface area (Å²) < 4.78 is 5.20. The molecular weight excluding hydrogens is 448 g/mol. The van der Waals surface area contributed by atoms with Crippen molar-refractivity contribution in [1.82, 2.24) is 0 Å². The number of Topliss-reactive ketones (excluding diaryl/α,β-unsaturated/α-hetero) is 2. The van der Waals surface area contributed by atoms with E-state index in [0.29, 0.717) is 17.0 Å². The molecule has 176 valence electrons. The number of methoxy groups -OCH3 is 1.